The first-order valence-corrected chi connectivity index (χ1v) is 5.81. The van der Waals surface area contributed by atoms with Crippen molar-refractivity contribution in [3.8, 4) is 0 Å². The maximum absolute atomic E-state index is 10.9. The molecule has 0 aromatic heterocycles. The molecule has 0 radical (unpaired) electrons. The first-order valence-electron chi connectivity index (χ1n) is 4.82. The van der Waals surface area contributed by atoms with E-state index in [-0.39, 0.29) is 17.2 Å². The molecule has 1 atom stereocenters. The minimum absolute atomic E-state index is 0.209. The number of carboxylic acid groups (broad SMARTS) is 2. The van der Waals surface area contributed by atoms with Gasteiger partial charge in [0.15, 0.2) is 5.70 Å². The van der Waals surface area contributed by atoms with Crippen LogP contribution >= 0.6 is 11.8 Å². The molecule has 1 unspecified atom stereocenters. The van der Waals surface area contributed by atoms with Crippen LogP contribution in [0.4, 0.5) is 0 Å². The number of nitrogens with zero attached hydrogens (tertiary/aromatic N) is 1. The van der Waals surface area contributed by atoms with Gasteiger partial charge < -0.3 is 10.2 Å². The van der Waals surface area contributed by atoms with Crippen LogP contribution in [-0.2, 0) is 9.59 Å². The van der Waals surface area contributed by atoms with E-state index in [1.165, 1.54) is 18.7 Å². The molecule has 2 N–H and O–H groups in total. The molecule has 1 aliphatic heterocycles. The first kappa shape index (κ1) is 12.8. The predicted molar refractivity (Wildman–Crippen MR) is 61.6 cm³/mol. The fourth-order valence-corrected chi connectivity index (χ4v) is 2.49. The third-order valence-corrected chi connectivity index (χ3v) is 3.55. The van der Waals surface area contributed by atoms with E-state index in [0.29, 0.717) is 5.04 Å². The summed E-state index contributed by atoms with van der Waals surface area (Å²) >= 11 is 1.48. The van der Waals surface area contributed by atoms with Gasteiger partial charge in [-0.15, -0.1) is 11.8 Å². The smallest absolute Gasteiger partial charge is 0.355 e. The van der Waals surface area contributed by atoms with Gasteiger partial charge in [-0.2, -0.15) is 0 Å². The maximum atomic E-state index is 10.9. The minimum Gasteiger partial charge on any atom is -0.478 e. The summed E-state index contributed by atoms with van der Waals surface area (Å²) in [4.78, 5) is 25.6. The summed E-state index contributed by atoms with van der Waals surface area (Å²) in [6, 6.07) is 0. The summed E-state index contributed by atoms with van der Waals surface area (Å²) in [6.45, 7) is 3.20. The molecule has 0 aromatic rings. The van der Waals surface area contributed by atoms with Crippen LogP contribution in [0.5, 0.6) is 0 Å². The highest BCUT2D eigenvalue weighted by Gasteiger charge is 2.22. The molecule has 88 valence electrons. The Bertz CT molecular complexity index is 386. The zero-order chi connectivity index (χ0) is 12.3. The van der Waals surface area contributed by atoms with E-state index in [0.717, 1.165) is 12.2 Å². The number of aliphatic carboxylic acids is 2. The normalized spacial score (nSPS) is 24.4. The Morgan fingerprint density at radius 3 is 2.38 bits per heavy atom. The second-order valence-electron chi connectivity index (χ2n) is 3.57. The van der Waals surface area contributed by atoms with Crippen molar-refractivity contribution in [2.24, 2.45) is 10.9 Å². The van der Waals surface area contributed by atoms with Crippen LogP contribution < -0.4 is 0 Å². The molecular formula is C10H13NO4S. The summed E-state index contributed by atoms with van der Waals surface area (Å²) in [5.74, 6) is -1.44. The summed E-state index contributed by atoms with van der Waals surface area (Å²) in [7, 11) is 0. The Morgan fingerprint density at radius 2 is 2.00 bits per heavy atom. The summed E-state index contributed by atoms with van der Waals surface area (Å²) in [5.41, 5.74) is -0.608. The molecule has 0 amide bonds. The lowest BCUT2D eigenvalue weighted by molar-refractivity contribution is -0.135. The van der Waals surface area contributed by atoms with E-state index in [2.05, 4.69) is 4.99 Å². The molecule has 0 saturated carbocycles. The molecule has 1 heterocycles. The third kappa shape index (κ3) is 2.85. The van der Waals surface area contributed by atoms with Crippen LogP contribution in [0.3, 0.4) is 0 Å². The Kier molecular flexibility index (Phi) is 4.12. The van der Waals surface area contributed by atoms with Gasteiger partial charge in [-0.25, -0.2) is 14.6 Å². The molecular weight excluding hydrogens is 230 g/mol. The van der Waals surface area contributed by atoms with E-state index in [1.807, 2.05) is 6.92 Å². The molecule has 0 aliphatic carbocycles. The molecule has 6 heteroatoms. The highest BCUT2D eigenvalue weighted by atomic mass is 32.2. The van der Waals surface area contributed by atoms with Gasteiger partial charge in [-0.3, -0.25) is 0 Å². The zero-order valence-corrected chi connectivity index (χ0v) is 9.87. The van der Waals surface area contributed by atoms with Crippen LogP contribution in [0.1, 0.15) is 20.3 Å². The largest absolute Gasteiger partial charge is 0.478 e. The van der Waals surface area contributed by atoms with Gasteiger partial charge in [0.25, 0.3) is 0 Å². The van der Waals surface area contributed by atoms with Crippen molar-refractivity contribution in [3.05, 3.63) is 11.3 Å². The molecule has 0 bridgehead atoms. The summed E-state index contributed by atoms with van der Waals surface area (Å²) in [5, 5.41) is 18.4. The first-order chi connectivity index (χ1) is 7.43. The van der Waals surface area contributed by atoms with E-state index in [1.54, 1.807) is 0 Å². The molecule has 1 saturated heterocycles. The number of carbonyl (C=O) groups is 2. The molecule has 16 heavy (non-hydrogen) atoms. The second kappa shape index (κ2) is 5.16. The van der Waals surface area contributed by atoms with Crippen LogP contribution in [-0.4, -0.2) is 32.9 Å². The van der Waals surface area contributed by atoms with Gasteiger partial charge in [-0.1, -0.05) is 6.92 Å². The van der Waals surface area contributed by atoms with Gasteiger partial charge in [0.05, 0.1) is 10.6 Å². The van der Waals surface area contributed by atoms with E-state index >= 15 is 0 Å². The Labute approximate surface area is 97.3 Å². The van der Waals surface area contributed by atoms with Gasteiger partial charge >= 0.3 is 11.9 Å². The Morgan fingerprint density at radius 1 is 1.38 bits per heavy atom. The lowest BCUT2D eigenvalue weighted by atomic mass is 10.1. The predicted octanol–water partition coefficient (Wildman–Crippen LogP) is 1.60. The number of hydrogen-bond acceptors (Lipinski definition) is 4. The Hall–Kier alpha value is -1.30. The highest BCUT2D eigenvalue weighted by Crippen LogP contribution is 2.28. The lowest BCUT2D eigenvalue weighted by Crippen LogP contribution is -2.10. The fourth-order valence-electron chi connectivity index (χ4n) is 1.25. The van der Waals surface area contributed by atoms with Gasteiger partial charge in [0, 0.05) is 5.92 Å². The number of thioether (sulfide) groups is 1. The molecule has 0 spiro atoms. The topological polar surface area (TPSA) is 87.0 Å². The average Bonchev–Trinajstić information content (AvgIpc) is 2.59. The minimum atomic E-state index is -1.30. The lowest BCUT2D eigenvalue weighted by Gasteiger charge is -2.04. The summed E-state index contributed by atoms with van der Waals surface area (Å²) in [6.07, 6.45) is 0.947. The van der Waals surface area contributed by atoms with Gasteiger partial charge in [0.1, 0.15) is 0 Å². The number of rotatable bonds is 3. The zero-order valence-electron chi connectivity index (χ0n) is 9.06. The van der Waals surface area contributed by atoms with Crippen LogP contribution in [0.15, 0.2) is 16.3 Å². The standard InChI is InChI=1S/C10H13NO4S/c1-5-3-4-16-8(5)11-7(10(14)15)6(2)9(12)13/h5H,3-4H2,1-2H3,(H,12,13)(H,14,15). The highest BCUT2D eigenvalue weighted by molar-refractivity contribution is 8.14. The van der Waals surface area contributed by atoms with Gasteiger partial charge in [0.2, 0.25) is 0 Å². The summed E-state index contributed by atoms with van der Waals surface area (Å²) < 4.78 is 0. The van der Waals surface area contributed by atoms with Crippen molar-refractivity contribution in [3.63, 3.8) is 0 Å². The molecule has 5 nitrogen and oxygen atoms in total. The number of carboxylic acids is 2. The van der Waals surface area contributed by atoms with Crippen LogP contribution in [0, 0.1) is 5.92 Å². The monoisotopic (exact) mass is 243 g/mol. The fraction of sp³-hybridized carbons (Fsp3) is 0.500. The van der Waals surface area contributed by atoms with Crippen LogP contribution in [0.25, 0.3) is 0 Å². The SMILES string of the molecule is CC(C(=O)O)=C(N=C1SCCC1C)C(=O)O. The van der Waals surface area contributed by atoms with Crippen molar-refractivity contribution in [2.45, 2.75) is 20.3 Å². The Balaban J connectivity index is 3.10. The van der Waals surface area contributed by atoms with Crippen LogP contribution in [0.2, 0.25) is 0 Å². The van der Waals surface area contributed by atoms with E-state index in [4.69, 9.17) is 10.2 Å². The average molecular weight is 243 g/mol. The van der Waals surface area contributed by atoms with Crippen molar-refractivity contribution in [2.75, 3.05) is 5.75 Å². The van der Waals surface area contributed by atoms with Crippen molar-refractivity contribution >= 4 is 28.7 Å². The molecule has 0 aromatic carbocycles. The maximum Gasteiger partial charge on any atom is 0.355 e. The van der Waals surface area contributed by atoms with Crippen molar-refractivity contribution in [1.82, 2.24) is 0 Å². The quantitative estimate of drug-likeness (QED) is 0.735. The molecule has 1 aliphatic rings. The van der Waals surface area contributed by atoms with E-state index < -0.39 is 11.9 Å². The van der Waals surface area contributed by atoms with E-state index in [9.17, 15) is 9.59 Å². The number of hydrogen-bond donors (Lipinski definition) is 2. The van der Waals surface area contributed by atoms with Gasteiger partial charge in [-0.05, 0) is 19.1 Å². The number of aliphatic imine (C=N–C) groups is 1. The molecule has 1 rings (SSSR count). The second-order valence-corrected chi connectivity index (χ2v) is 4.69. The van der Waals surface area contributed by atoms with Crippen molar-refractivity contribution in [1.29, 1.82) is 0 Å². The molecule has 1 fully saturated rings. The van der Waals surface area contributed by atoms with Crippen molar-refractivity contribution < 1.29 is 19.8 Å². The third-order valence-electron chi connectivity index (χ3n) is 2.32.